The Morgan fingerprint density at radius 3 is 2.64 bits per heavy atom. The summed E-state index contributed by atoms with van der Waals surface area (Å²) in [4.78, 5) is 24.5. The van der Waals surface area contributed by atoms with Crippen molar-refractivity contribution in [1.82, 2.24) is 24.6 Å². The van der Waals surface area contributed by atoms with Gasteiger partial charge in [0.05, 0.1) is 36.4 Å². The minimum Gasteiger partial charge on any atom is -0.363 e. The van der Waals surface area contributed by atoms with Crippen molar-refractivity contribution in [3.8, 4) is 0 Å². The summed E-state index contributed by atoms with van der Waals surface area (Å²) >= 11 is 0. The van der Waals surface area contributed by atoms with Gasteiger partial charge in [0.2, 0.25) is 0 Å². The number of hydrogen-bond donors (Lipinski definition) is 0. The van der Waals surface area contributed by atoms with Crippen LogP contribution in [0.15, 0.2) is 31.1 Å². The van der Waals surface area contributed by atoms with Crippen LogP contribution in [-0.4, -0.2) is 62.4 Å². The van der Waals surface area contributed by atoms with Gasteiger partial charge in [0, 0.05) is 38.4 Å². The number of anilines is 1. The van der Waals surface area contributed by atoms with Gasteiger partial charge in [-0.25, -0.2) is 9.97 Å². The summed E-state index contributed by atoms with van der Waals surface area (Å²) in [6, 6.07) is 0. The van der Waals surface area contributed by atoms with Crippen LogP contribution in [-0.2, 0) is 23.1 Å². The van der Waals surface area contributed by atoms with Gasteiger partial charge >= 0.3 is 0 Å². The predicted octanol–water partition coefficient (Wildman–Crippen LogP) is 0.608. The molecule has 0 atom stereocenters. The molecule has 0 unspecified atom stereocenters. The van der Waals surface area contributed by atoms with Gasteiger partial charge in [-0.15, -0.1) is 0 Å². The zero-order valence-corrected chi connectivity index (χ0v) is 14.3. The van der Waals surface area contributed by atoms with Gasteiger partial charge in [0.15, 0.2) is 0 Å². The second-order valence-corrected chi connectivity index (χ2v) is 6.85. The topological polar surface area (TPSA) is 76.4 Å². The first-order valence-corrected chi connectivity index (χ1v) is 8.53. The number of likely N-dealkylation sites (tertiary alicyclic amines) is 1. The highest BCUT2D eigenvalue weighted by atomic mass is 16.5. The number of carbonyl (C=O) groups excluding carboxylic acids is 1. The molecule has 0 aliphatic carbocycles. The van der Waals surface area contributed by atoms with Crippen LogP contribution in [0.2, 0.25) is 0 Å². The van der Waals surface area contributed by atoms with Gasteiger partial charge in [0.1, 0.15) is 12.9 Å². The number of piperidine rings is 1. The van der Waals surface area contributed by atoms with E-state index in [2.05, 4.69) is 26.2 Å². The Kier molecular flexibility index (Phi) is 4.22. The summed E-state index contributed by atoms with van der Waals surface area (Å²) in [5.74, 6) is -0.0294. The van der Waals surface area contributed by atoms with Crippen molar-refractivity contribution in [2.24, 2.45) is 7.05 Å². The molecule has 1 amide bonds. The molecular formula is C17H22N6O2. The minimum absolute atomic E-state index is 0.0294. The quantitative estimate of drug-likeness (QED) is 0.813. The van der Waals surface area contributed by atoms with Crippen LogP contribution < -0.4 is 4.90 Å². The van der Waals surface area contributed by atoms with Crippen molar-refractivity contribution < 1.29 is 9.53 Å². The van der Waals surface area contributed by atoms with Crippen LogP contribution >= 0.6 is 0 Å². The molecule has 2 aliphatic rings. The molecule has 132 valence electrons. The van der Waals surface area contributed by atoms with Crippen molar-refractivity contribution in [1.29, 1.82) is 0 Å². The lowest BCUT2D eigenvalue weighted by Gasteiger charge is -2.46. The molecule has 0 saturated carbocycles. The van der Waals surface area contributed by atoms with E-state index in [4.69, 9.17) is 4.74 Å². The fourth-order valence-corrected chi connectivity index (χ4v) is 3.61. The highest BCUT2D eigenvalue weighted by molar-refractivity contribution is 5.94. The Morgan fingerprint density at radius 1 is 1.20 bits per heavy atom. The van der Waals surface area contributed by atoms with Crippen LogP contribution in [0.5, 0.6) is 0 Å². The van der Waals surface area contributed by atoms with Crippen LogP contribution in [0.3, 0.4) is 0 Å². The zero-order chi connectivity index (χ0) is 17.3. The lowest BCUT2D eigenvalue weighted by molar-refractivity contribution is -0.145. The molecule has 8 heteroatoms. The number of aromatic nitrogens is 4. The van der Waals surface area contributed by atoms with Crippen molar-refractivity contribution in [2.45, 2.75) is 25.0 Å². The molecule has 2 saturated heterocycles. The van der Waals surface area contributed by atoms with Crippen LogP contribution in [0.4, 0.5) is 5.69 Å². The molecule has 2 fully saturated rings. The molecule has 0 bridgehead atoms. The molecule has 0 aromatic carbocycles. The summed E-state index contributed by atoms with van der Waals surface area (Å²) in [6.45, 7) is 3.49. The lowest BCUT2D eigenvalue weighted by atomic mass is 9.89. The number of ether oxygens (including phenoxy) is 1. The second-order valence-electron chi connectivity index (χ2n) is 6.85. The monoisotopic (exact) mass is 342 g/mol. The van der Waals surface area contributed by atoms with Crippen molar-refractivity contribution in [2.75, 3.05) is 31.1 Å². The number of aryl methyl sites for hydroxylation is 1. The largest absolute Gasteiger partial charge is 0.363 e. The first-order valence-electron chi connectivity index (χ1n) is 8.53. The van der Waals surface area contributed by atoms with Crippen LogP contribution in [0, 0.1) is 0 Å². The smallest absolute Gasteiger partial charge is 0.253 e. The van der Waals surface area contributed by atoms with E-state index in [1.807, 2.05) is 17.9 Å². The Hall–Kier alpha value is -2.32. The fourth-order valence-electron chi connectivity index (χ4n) is 3.61. The molecule has 4 rings (SSSR count). The average Bonchev–Trinajstić information content (AvgIpc) is 3.05. The Balaban J connectivity index is 1.41. The van der Waals surface area contributed by atoms with Gasteiger partial charge in [0.25, 0.3) is 5.91 Å². The Morgan fingerprint density at radius 2 is 1.96 bits per heavy atom. The summed E-state index contributed by atoms with van der Waals surface area (Å²) < 4.78 is 7.83. The number of rotatable bonds is 3. The standard InChI is InChI=1S/C17H22N6O2/c1-21-9-14(6-20-21)10-22-4-2-17(3-5-22)12-23(16(24)11-25-17)15-7-18-13-19-8-15/h6-9,13H,2-5,10-12H2,1H3. The molecule has 2 aliphatic heterocycles. The fraction of sp³-hybridized carbons (Fsp3) is 0.529. The predicted molar refractivity (Wildman–Crippen MR) is 90.8 cm³/mol. The highest BCUT2D eigenvalue weighted by Crippen LogP contribution is 2.32. The van der Waals surface area contributed by atoms with Crippen LogP contribution in [0.25, 0.3) is 0 Å². The molecular weight excluding hydrogens is 320 g/mol. The maximum atomic E-state index is 12.3. The third kappa shape index (κ3) is 3.40. The van der Waals surface area contributed by atoms with Crippen molar-refractivity contribution in [3.05, 3.63) is 36.7 Å². The minimum atomic E-state index is -0.269. The van der Waals surface area contributed by atoms with Gasteiger partial charge in [-0.3, -0.25) is 14.4 Å². The number of nitrogens with zero attached hydrogens (tertiary/aromatic N) is 6. The molecule has 8 nitrogen and oxygen atoms in total. The van der Waals surface area contributed by atoms with Gasteiger partial charge < -0.3 is 9.64 Å². The molecule has 0 N–H and O–H groups in total. The molecule has 4 heterocycles. The Labute approximate surface area is 146 Å². The SMILES string of the molecule is Cn1cc(CN2CCC3(CC2)CN(c2cncnc2)C(=O)CO3)cn1. The molecule has 2 aromatic heterocycles. The van der Waals surface area contributed by atoms with E-state index in [-0.39, 0.29) is 18.1 Å². The van der Waals surface area contributed by atoms with Crippen LogP contribution in [0.1, 0.15) is 18.4 Å². The van der Waals surface area contributed by atoms with E-state index in [9.17, 15) is 4.79 Å². The van der Waals surface area contributed by atoms with Crippen molar-refractivity contribution in [3.63, 3.8) is 0 Å². The first-order chi connectivity index (χ1) is 12.1. The highest BCUT2D eigenvalue weighted by Gasteiger charge is 2.42. The van der Waals surface area contributed by atoms with E-state index in [1.165, 1.54) is 11.9 Å². The van der Waals surface area contributed by atoms with E-state index in [0.29, 0.717) is 6.54 Å². The molecule has 0 radical (unpaired) electrons. The third-order valence-electron chi connectivity index (χ3n) is 5.04. The lowest BCUT2D eigenvalue weighted by Crippen LogP contribution is -2.58. The first kappa shape index (κ1) is 16.2. The summed E-state index contributed by atoms with van der Waals surface area (Å²) in [7, 11) is 1.93. The number of carbonyl (C=O) groups is 1. The molecule has 2 aromatic rings. The van der Waals surface area contributed by atoms with E-state index < -0.39 is 0 Å². The van der Waals surface area contributed by atoms with E-state index in [1.54, 1.807) is 17.3 Å². The molecule has 25 heavy (non-hydrogen) atoms. The van der Waals surface area contributed by atoms with E-state index in [0.717, 1.165) is 38.2 Å². The maximum absolute atomic E-state index is 12.3. The average molecular weight is 342 g/mol. The number of morpholine rings is 1. The van der Waals surface area contributed by atoms with Gasteiger partial charge in [-0.1, -0.05) is 0 Å². The number of amides is 1. The normalized spacial score (nSPS) is 21.0. The van der Waals surface area contributed by atoms with E-state index >= 15 is 0 Å². The molecule has 1 spiro atoms. The Bertz CT molecular complexity index is 739. The summed E-state index contributed by atoms with van der Waals surface area (Å²) in [6.07, 6.45) is 10.6. The second kappa shape index (κ2) is 6.53. The van der Waals surface area contributed by atoms with Gasteiger partial charge in [-0.05, 0) is 12.8 Å². The maximum Gasteiger partial charge on any atom is 0.253 e. The summed E-state index contributed by atoms with van der Waals surface area (Å²) in [5.41, 5.74) is 1.70. The summed E-state index contributed by atoms with van der Waals surface area (Å²) in [5, 5.41) is 4.23. The van der Waals surface area contributed by atoms with Gasteiger partial charge in [-0.2, -0.15) is 5.10 Å². The van der Waals surface area contributed by atoms with Crippen molar-refractivity contribution >= 4 is 11.6 Å². The third-order valence-corrected chi connectivity index (χ3v) is 5.04. The zero-order valence-electron chi connectivity index (χ0n) is 14.3. The number of hydrogen-bond acceptors (Lipinski definition) is 6.